The van der Waals surface area contributed by atoms with Gasteiger partial charge in [-0.05, 0) is 36.8 Å². The number of rotatable bonds is 2. The van der Waals surface area contributed by atoms with Gasteiger partial charge in [0.25, 0.3) is 5.91 Å². The number of hydrazine groups is 1. The van der Waals surface area contributed by atoms with Crippen LogP contribution in [0.5, 0.6) is 0 Å². The van der Waals surface area contributed by atoms with Crippen molar-refractivity contribution in [3.05, 3.63) is 34.7 Å². The third kappa shape index (κ3) is 2.99. The SMILES string of the molecule is Cc1c(C(=O)NNC(=O)C2CCCCC2)sc2ccccc12. The Bertz CT molecular complexity index is 702. The Labute approximate surface area is 133 Å². The highest BCUT2D eigenvalue weighted by molar-refractivity contribution is 7.21. The van der Waals surface area contributed by atoms with E-state index < -0.39 is 0 Å². The van der Waals surface area contributed by atoms with E-state index in [0.29, 0.717) is 4.88 Å². The van der Waals surface area contributed by atoms with Gasteiger partial charge in [-0.2, -0.15) is 0 Å². The van der Waals surface area contributed by atoms with Crippen LogP contribution >= 0.6 is 11.3 Å². The predicted octanol–water partition coefficient (Wildman–Crippen LogP) is 3.55. The molecule has 22 heavy (non-hydrogen) atoms. The average molecular weight is 316 g/mol. The number of carbonyl (C=O) groups excluding carboxylic acids is 2. The van der Waals surface area contributed by atoms with Crippen molar-refractivity contribution in [2.45, 2.75) is 39.0 Å². The number of benzene rings is 1. The summed E-state index contributed by atoms with van der Waals surface area (Å²) in [7, 11) is 0. The topological polar surface area (TPSA) is 58.2 Å². The van der Waals surface area contributed by atoms with Gasteiger partial charge in [0.15, 0.2) is 0 Å². The Morgan fingerprint density at radius 1 is 1.09 bits per heavy atom. The molecule has 1 saturated carbocycles. The van der Waals surface area contributed by atoms with Crippen LogP contribution in [0.2, 0.25) is 0 Å². The van der Waals surface area contributed by atoms with E-state index in [1.807, 2.05) is 31.2 Å². The second-order valence-electron chi connectivity index (χ2n) is 5.83. The summed E-state index contributed by atoms with van der Waals surface area (Å²) in [6.07, 6.45) is 5.24. The first-order valence-electron chi connectivity index (χ1n) is 7.75. The van der Waals surface area contributed by atoms with Crippen LogP contribution in [0.25, 0.3) is 10.1 Å². The molecule has 1 heterocycles. The average Bonchev–Trinajstić information content (AvgIpc) is 2.90. The molecule has 1 fully saturated rings. The van der Waals surface area contributed by atoms with E-state index in [0.717, 1.165) is 41.3 Å². The highest BCUT2D eigenvalue weighted by atomic mass is 32.1. The largest absolute Gasteiger partial charge is 0.280 e. The summed E-state index contributed by atoms with van der Waals surface area (Å²) in [4.78, 5) is 25.0. The maximum atomic E-state index is 12.3. The number of hydrogen-bond donors (Lipinski definition) is 2. The standard InChI is InChI=1S/C17H20N2O2S/c1-11-13-9-5-6-10-14(13)22-15(11)17(21)19-18-16(20)12-7-3-2-4-8-12/h5-6,9-10,12H,2-4,7-8H2,1H3,(H,18,20)(H,19,21). The van der Waals surface area contributed by atoms with Gasteiger partial charge in [0.1, 0.15) is 0 Å². The van der Waals surface area contributed by atoms with E-state index in [-0.39, 0.29) is 17.7 Å². The summed E-state index contributed by atoms with van der Waals surface area (Å²) in [5.74, 6) is -0.257. The Morgan fingerprint density at radius 3 is 2.55 bits per heavy atom. The zero-order valence-corrected chi connectivity index (χ0v) is 13.5. The van der Waals surface area contributed by atoms with Crippen molar-refractivity contribution in [2.24, 2.45) is 5.92 Å². The van der Waals surface area contributed by atoms with E-state index >= 15 is 0 Å². The fourth-order valence-corrected chi connectivity index (χ4v) is 4.14. The van der Waals surface area contributed by atoms with Gasteiger partial charge in [0.2, 0.25) is 5.91 Å². The molecule has 0 atom stereocenters. The van der Waals surface area contributed by atoms with Crippen LogP contribution in [0.15, 0.2) is 24.3 Å². The smallest absolute Gasteiger partial charge is 0.273 e. The zero-order valence-electron chi connectivity index (χ0n) is 12.6. The lowest BCUT2D eigenvalue weighted by Crippen LogP contribution is -2.44. The number of amides is 2. The molecular weight excluding hydrogens is 296 g/mol. The van der Waals surface area contributed by atoms with E-state index in [2.05, 4.69) is 10.9 Å². The van der Waals surface area contributed by atoms with Crippen molar-refractivity contribution < 1.29 is 9.59 Å². The fourth-order valence-electron chi connectivity index (χ4n) is 3.03. The van der Waals surface area contributed by atoms with Gasteiger partial charge in [-0.3, -0.25) is 20.4 Å². The third-order valence-corrected chi connectivity index (χ3v) is 5.60. The van der Waals surface area contributed by atoms with Crippen LogP contribution in [0.3, 0.4) is 0 Å². The monoisotopic (exact) mass is 316 g/mol. The molecule has 0 saturated heterocycles. The van der Waals surface area contributed by atoms with Gasteiger partial charge < -0.3 is 0 Å². The number of hydrogen-bond acceptors (Lipinski definition) is 3. The molecular formula is C17H20N2O2S. The summed E-state index contributed by atoms with van der Waals surface area (Å²) in [6, 6.07) is 7.95. The Kier molecular flexibility index (Phi) is 4.43. The summed E-state index contributed by atoms with van der Waals surface area (Å²) < 4.78 is 1.09. The molecule has 5 heteroatoms. The molecule has 3 rings (SSSR count). The first-order chi connectivity index (χ1) is 10.7. The molecule has 0 bridgehead atoms. The second-order valence-corrected chi connectivity index (χ2v) is 6.88. The summed E-state index contributed by atoms with van der Waals surface area (Å²) >= 11 is 1.46. The molecule has 1 aromatic carbocycles. The lowest BCUT2D eigenvalue weighted by atomic mass is 9.89. The van der Waals surface area contributed by atoms with Crippen molar-refractivity contribution in [3.63, 3.8) is 0 Å². The first kappa shape index (κ1) is 15.0. The first-order valence-corrected chi connectivity index (χ1v) is 8.57. The molecule has 116 valence electrons. The molecule has 2 aromatic rings. The van der Waals surface area contributed by atoms with Crippen LogP contribution in [0.4, 0.5) is 0 Å². The molecule has 0 radical (unpaired) electrons. The minimum atomic E-state index is -0.233. The van der Waals surface area contributed by atoms with Crippen molar-refractivity contribution >= 4 is 33.2 Å². The highest BCUT2D eigenvalue weighted by Crippen LogP contribution is 2.30. The maximum absolute atomic E-state index is 12.3. The molecule has 2 amide bonds. The lowest BCUT2D eigenvalue weighted by molar-refractivity contribution is -0.126. The Hall–Kier alpha value is -1.88. The van der Waals surface area contributed by atoms with E-state index in [1.54, 1.807) is 0 Å². The molecule has 1 aliphatic carbocycles. The van der Waals surface area contributed by atoms with E-state index in [1.165, 1.54) is 17.8 Å². The normalized spacial score (nSPS) is 15.7. The summed E-state index contributed by atoms with van der Waals surface area (Å²) in [5, 5.41) is 1.09. The van der Waals surface area contributed by atoms with Gasteiger partial charge in [-0.25, -0.2) is 0 Å². The molecule has 0 unspecified atom stereocenters. The Morgan fingerprint density at radius 2 is 1.82 bits per heavy atom. The quantitative estimate of drug-likeness (QED) is 0.832. The summed E-state index contributed by atoms with van der Waals surface area (Å²) in [5.41, 5.74) is 6.12. The molecule has 0 spiro atoms. The maximum Gasteiger partial charge on any atom is 0.280 e. The fraction of sp³-hybridized carbons (Fsp3) is 0.412. The van der Waals surface area contributed by atoms with Gasteiger partial charge in [0.05, 0.1) is 4.88 Å². The number of carbonyl (C=O) groups is 2. The van der Waals surface area contributed by atoms with Crippen molar-refractivity contribution in [3.8, 4) is 0 Å². The van der Waals surface area contributed by atoms with Crippen molar-refractivity contribution in [1.29, 1.82) is 0 Å². The van der Waals surface area contributed by atoms with E-state index in [4.69, 9.17) is 0 Å². The summed E-state index contributed by atoms with van der Waals surface area (Å²) in [6.45, 7) is 1.94. The molecule has 1 aromatic heterocycles. The predicted molar refractivity (Wildman–Crippen MR) is 88.7 cm³/mol. The number of aryl methyl sites for hydroxylation is 1. The van der Waals surface area contributed by atoms with Gasteiger partial charge in [-0.15, -0.1) is 11.3 Å². The van der Waals surface area contributed by atoms with Crippen LogP contribution in [-0.4, -0.2) is 11.8 Å². The molecule has 0 aliphatic heterocycles. The van der Waals surface area contributed by atoms with Crippen molar-refractivity contribution in [2.75, 3.05) is 0 Å². The van der Waals surface area contributed by atoms with Gasteiger partial charge in [-0.1, -0.05) is 37.5 Å². The minimum Gasteiger partial charge on any atom is -0.273 e. The lowest BCUT2D eigenvalue weighted by Gasteiger charge is -2.20. The zero-order chi connectivity index (χ0) is 15.5. The Balaban J connectivity index is 1.66. The van der Waals surface area contributed by atoms with Crippen LogP contribution in [0, 0.1) is 12.8 Å². The number of fused-ring (bicyclic) bond motifs is 1. The number of thiophene rings is 1. The van der Waals surface area contributed by atoms with Crippen molar-refractivity contribution in [1.82, 2.24) is 10.9 Å². The van der Waals surface area contributed by atoms with Gasteiger partial charge >= 0.3 is 0 Å². The number of nitrogens with one attached hydrogen (secondary N) is 2. The highest BCUT2D eigenvalue weighted by Gasteiger charge is 2.22. The van der Waals surface area contributed by atoms with E-state index in [9.17, 15) is 9.59 Å². The van der Waals surface area contributed by atoms with Gasteiger partial charge in [0, 0.05) is 10.6 Å². The second kappa shape index (κ2) is 6.48. The van der Waals surface area contributed by atoms with Crippen LogP contribution < -0.4 is 10.9 Å². The van der Waals surface area contributed by atoms with Crippen LogP contribution in [0.1, 0.15) is 47.3 Å². The van der Waals surface area contributed by atoms with Crippen LogP contribution in [-0.2, 0) is 4.79 Å². The molecule has 2 N–H and O–H groups in total. The molecule has 4 nitrogen and oxygen atoms in total. The third-order valence-electron chi connectivity index (χ3n) is 4.33. The minimum absolute atomic E-state index is 0.0394. The molecule has 1 aliphatic rings.